The fraction of sp³-hybridized carbons (Fsp3) is 0.650. The lowest BCUT2D eigenvalue weighted by molar-refractivity contribution is -0.123. The molecule has 2 fully saturated rings. The maximum absolute atomic E-state index is 12.7. The number of carbonyl (C=O) groups excluding carboxylic acids is 1. The van der Waals surface area contributed by atoms with Gasteiger partial charge in [-0.2, -0.15) is 11.8 Å². The first kappa shape index (κ1) is 16.5. The number of likely N-dealkylation sites (tertiary alicyclic amines) is 1. The van der Waals surface area contributed by atoms with Gasteiger partial charge in [-0.3, -0.25) is 4.79 Å². The molecule has 0 spiro atoms. The second-order valence-corrected chi connectivity index (χ2v) is 8.68. The SMILES string of the molecule is O=C(NC1CCN(C2CCSCC2)CC1)C1CCc2ccccc21. The van der Waals surface area contributed by atoms with Gasteiger partial charge >= 0.3 is 0 Å². The third kappa shape index (κ3) is 3.50. The molecule has 24 heavy (non-hydrogen) atoms. The van der Waals surface area contributed by atoms with E-state index in [1.807, 2.05) is 0 Å². The highest BCUT2D eigenvalue weighted by Gasteiger charge is 2.31. The Morgan fingerprint density at radius 1 is 1.04 bits per heavy atom. The molecule has 4 rings (SSSR count). The summed E-state index contributed by atoms with van der Waals surface area (Å²) in [5.74, 6) is 2.98. The Morgan fingerprint density at radius 2 is 1.79 bits per heavy atom. The summed E-state index contributed by atoms with van der Waals surface area (Å²) in [4.78, 5) is 15.4. The topological polar surface area (TPSA) is 32.3 Å². The van der Waals surface area contributed by atoms with Crippen molar-refractivity contribution in [2.75, 3.05) is 24.6 Å². The van der Waals surface area contributed by atoms with Crippen molar-refractivity contribution in [1.82, 2.24) is 10.2 Å². The molecule has 1 unspecified atom stereocenters. The number of amides is 1. The first-order chi connectivity index (χ1) is 11.8. The molecule has 1 aromatic rings. The molecule has 0 bridgehead atoms. The van der Waals surface area contributed by atoms with E-state index in [-0.39, 0.29) is 11.8 Å². The van der Waals surface area contributed by atoms with Gasteiger partial charge in [-0.1, -0.05) is 24.3 Å². The van der Waals surface area contributed by atoms with Crippen LogP contribution in [0.4, 0.5) is 0 Å². The zero-order valence-electron chi connectivity index (χ0n) is 14.4. The van der Waals surface area contributed by atoms with Crippen LogP contribution in [-0.4, -0.2) is 47.5 Å². The maximum Gasteiger partial charge on any atom is 0.227 e. The summed E-state index contributed by atoms with van der Waals surface area (Å²) in [7, 11) is 0. The molecule has 1 aromatic carbocycles. The standard InChI is InChI=1S/C20H28N2OS/c23-20(19-6-5-15-3-1-2-4-18(15)19)21-16-7-11-22(12-8-16)17-9-13-24-14-10-17/h1-4,16-17,19H,5-14H2,(H,21,23). The predicted octanol–water partition coefficient (Wildman–Crippen LogP) is 3.19. The van der Waals surface area contributed by atoms with Crippen LogP contribution in [-0.2, 0) is 11.2 Å². The molecular formula is C20H28N2OS. The van der Waals surface area contributed by atoms with Gasteiger partial charge in [0.2, 0.25) is 5.91 Å². The normalized spacial score (nSPS) is 26.2. The number of rotatable bonds is 3. The highest BCUT2D eigenvalue weighted by molar-refractivity contribution is 7.99. The third-order valence-electron chi connectivity index (χ3n) is 6.03. The lowest BCUT2D eigenvalue weighted by atomic mass is 9.97. The number of aryl methyl sites for hydroxylation is 1. The number of nitrogens with zero attached hydrogens (tertiary/aromatic N) is 1. The smallest absolute Gasteiger partial charge is 0.227 e. The summed E-state index contributed by atoms with van der Waals surface area (Å²) in [6.45, 7) is 2.31. The van der Waals surface area contributed by atoms with Crippen LogP contribution in [0, 0.1) is 0 Å². The van der Waals surface area contributed by atoms with Crippen molar-refractivity contribution in [3.8, 4) is 0 Å². The Hall–Kier alpha value is -1.00. The van der Waals surface area contributed by atoms with Gasteiger partial charge in [0.25, 0.3) is 0 Å². The number of piperidine rings is 1. The zero-order valence-corrected chi connectivity index (χ0v) is 15.2. The molecule has 1 aliphatic carbocycles. The monoisotopic (exact) mass is 344 g/mol. The minimum Gasteiger partial charge on any atom is -0.353 e. The van der Waals surface area contributed by atoms with Crippen molar-refractivity contribution in [2.24, 2.45) is 0 Å². The molecule has 3 aliphatic rings. The zero-order chi connectivity index (χ0) is 16.4. The van der Waals surface area contributed by atoms with Crippen LogP contribution < -0.4 is 5.32 Å². The molecule has 130 valence electrons. The van der Waals surface area contributed by atoms with Gasteiger partial charge < -0.3 is 10.2 Å². The number of thioether (sulfide) groups is 1. The van der Waals surface area contributed by atoms with Crippen molar-refractivity contribution < 1.29 is 4.79 Å². The Morgan fingerprint density at radius 3 is 2.58 bits per heavy atom. The first-order valence-corrected chi connectivity index (χ1v) is 10.7. The van der Waals surface area contributed by atoms with Gasteiger partial charge in [0.15, 0.2) is 0 Å². The Balaban J connectivity index is 1.29. The molecule has 0 radical (unpaired) electrons. The summed E-state index contributed by atoms with van der Waals surface area (Å²) in [5, 5.41) is 3.36. The van der Waals surface area contributed by atoms with Crippen molar-refractivity contribution in [1.29, 1.82) is 0 Å². The van der Waals surface area contributed by atoms with E-state index in [0.717, 1.165) is 44.8 Å². The average molecular weight is 345 g/mol. The van der Waals surface area contributed by atoms with Gasteiger partial charge in [-0.25, -0.2) is 0 Å². The third-order valence-corrected chi connectivity index (χ3v) is 7.08. The number of benzene rings is 1. The van der Waals surface area contributed by atoms with Crippen LogP contribution in [0.5, 0.6) is 0 Å². The highest BCUT2D eigenvalue weighted by atomic mass is 32.2. The Bertz CT molecular complexity index is 577. The molecular weight excluding hydrogens is 316 g/mol. The molecule has 1 N–H and O–H groups in total. The van der Waals surface area contributed by atoms with Crippen LogP contribution in [0.15, 0.2) is 24.3 Å². The van der Waals surface area contributed by atoms with Crippen molar-refractivity contribution >= 4 is 17.7 Å². The maximum atomic E-state index is 12.7. The van der Waals surface area contributed by atoms with Crippen LogP contribution in [0.3, 0.4) is 0 Å². The molecule has 2 saturated heterocycles. The largest absolute Gasteiger partial charge is 0.353 e. The number of carbonyl (C=O) groups is 1. The van der Waals surface area contributed by atoms with E-state index in [2.05, 4.69) is 46.2 Å². The quantitative estimate of drug-likeness (QED) is 0.914. The van der Waals surface area contributed by atoms with Gasteiger partial charge in [0, 0.05) is 25.2 Å². The molecule has 0 saturated carbocycles. The predicted molar refractivity (Wildman–Crippen MR) is 101 cm³/mol. The summed E-state index contributed by atoms with van der Waals surface area (Å²) >= 11 is 2.10. The first-order valence-electron chi connectivity index (χ1n) is 9.51. The average Bonchev–Trinajstić information content (AvgIpc) is 3.07. The number of fused-ring (bicyclic) bond motifs is 1. The van der Waals surface area contributed by atoms with E-state index < -0.39 is 0 Å². The van der Waals surface area contributed by atoms with Crippen LogP contribution >= 0.6 is 11.8 Å². The lowest BCUT2D eigenvalue weighted by Gasteiger charge is -2.39. The van der Waals surface area contributed by atoms with Gasteiger partial charge in [0.05, 0.1) is 5.92 Å². The van der Waals surface area contributed by atoms with E-state index >= 15 is 0 Å². The summed E-state index contributed by atoms with van der Waals surface area (Å²) < 4.78 is 0. The summed E-state index contributed by atoms with van der Waals surface area (Å²) in [5.41, 5.74) is 2.62. The molecule has 4 heteroatoms. The lowest BCUT2D eigenvalue weighted by Crippen LogP contribution is -2.49. The Labute approximate surface area is 149 Å². The van der Waals surface area contributed by atoms with Crippen LogP contribution in [0.1, 0.15) is 49.1 Å². The molecule has 0 aromatic heterocycles. The number of hydrogen-bond donors (Lipinski definition) is 1. The molecule has 2 heterocycles. The molecule has 1 amide bonds. The highest BCUT2D eigenvalue weighted by Crippen LogP contribution is 2.33. The van der Waals surface area contributed by atoms with Crippen molar-refractivity contribution in [3.63, 3.8) is 0 Å². The summed E-state index contributed by atoms with van der Waals surface area (Å²) in [6, 6.07) is 9.62. The second-order valence-electron chi connectivity index (χ2n) is 7.45. The van der Waals surface area contributed by atoms with E-state index in [9.17, 15) is 4.79 Å². The van der Waals surface area contributed by atoms with Gasteiger partial charge in [0.1, 0.15) is 0 Å². The number of hydrogen-bond acceptors (Lipinski definition) is 3. The van der Waals surface area contributed by atoms with E-state index in [4.69, 9.17) is 0 Å². The fourth-order valence-corrected chi connectivity index (χ4v) is 5.67. The van der Waals surface area contributed by atoms with Gasteiger partial charge in [-0.15, -0.1) is 0 Å². The number of nitrogens with one attached hydrogen (secondary N) is 1. The van der Waals surface area contributed by atoms with Crippen LogP contribution in [0.2, 0.25) is 0 Å². The molecule has 1 atom stereocenters. The minimum atomic E-state index is 0.0783. The molecule has 2 aliphatic heterocycles. The minimum absolute atomic E-state index is 0.0783. The van der Waals surface area contributed by atoms with Crippen molar-refractivity contribution in [3.05, 3.63) is 35.4 Å². The second kappa shape index (κ2) is 7.49. The fourth-order valence-electron chi connectivity index (χ4n) is 4.59. The Kier molecular flexibility index (Phi) is 5.14. The van der Waals surface area contributed by atoms with Crippen LogP contribution in [0.25, 0.3) is 0 Å². The molecule has 3 nitrogen and oxygen atoms in total. The van der Waals surface area contributed by atoms with Gasteiger partial charge in [-0.05, 0) is 61.2 Å². The van der Waals surface area contributed by atoms with E-state index in [1.165, 1.54) is 35.5 Å². The van der Waals surface area contributed by atoms with Crippen molar-refractivity contribution in [2.45, 2.75) is 56.5 Å². The summed E-state index contributed by atoms with van der Waals surface area (Å²) in [6.07, 6.45) is 6.95. The van der Waals surface area contributed by atoms with E-state index in [0.29, 0.717) is 6.04 Å². The van der Waals surface area contributed by atoms with E-state index in [1.54, 1.807) is 0 Å².